The summed E-state index contributed by atoms with van der Waals surface area (Å²) in [6, 6.07) is 0.239. The number of hydrogen-bond donors (Lipinski definition) is 2. The van der Waals surface area contributed by atoms with E-state index in [1.54, 1.807) is 7.05 Å². The second kappa shape index (κ2) is 10.00. The lowest BCUT2D eigenvalue weighted by Crippen LogP contribution is -2.45. The summed E-state index contributed by atoms with van der Waals surface area (Å²) in [5, 5.41) is 6.76. The fourth-order valence-corrected chi connectivity index (χ4v) is 2.21. The molecule has 1 heterocycles. The Balaban J connectivity index is 2.21. The standard InChI is InChI=1S/C15H31N3O2/c1-5-13(6-2)9-17-15(16-4)18-12(3)10-20-14-7-8-19-11-14/h12-14H,5-11H2,1-4H3,(H2,16,17,18). The topological polar surface area (TPSA) is 54.9 Å². The average molecular weight is 285 g/mol. The normalized spacial score (nSPS) is 21.2. The highest BCUT2D eigenvalue weighted by Gasteiger charge is 2.17. The first-order valence-corrected chi connectivity index (χ1v) is 7.86. The summed E-state index contributed by atoms with van der Waals surface area (Å²) < 4.78 is 11.1. The van der Waals surface area contributed by atoms with Crippen molar-refractivity contribution in [3.63, 3.8) is 0 Å². The molecule has 0 aromatic heterocycles. The number of nitrogens with zero attached hydrogens (tertiary/aromatic N) is 1. The van der Waals surface area contributed by atoms with Crippen LogP contribution >= 0.6 is 0 Å². The molecule has 1 aliphatic rings. The third-order valence-corrected chi connectivity index (χ3v) is 3.79. The van der Waals surface area contributed by atoms with Crippen molar-refractivity contribution < 1.29 is 9.47 Å². The molecule has 2 N–H and O–H groups in total. The van der Waals surface area contributed by atoms with E-state index in [2.05, 4.69) is 36.4 Å². The Morgan fingerprint density at radius 3 is 2.70 bits per heavy atom. The fraction of sp³-hybridized carbons (Fsp3) is 0.933. The lowest BCUT2D eigenvalue weighted by atomic mass is 10.0. The first kappa shape index (κ1) is 17.2. The van der Waals surface area contributed by atoms with Crippen LogP contribution in [-0.2, 0) is 9.47 Å². The minimum atomic E-state index is 0.239. The first-order valence-electron chi connectivity index (χ1n) is 7.86. The molecule has 1 fully saturated rings. The second-order valence-electron chi connectivity index (χ2n) is 5.50. The van der Waals surface area contributed by atoms with Gasteiger partial charge in [-0.3, -0.25) is 4.99 Å². The lowest BCUT2D eigenvalue weighted by Gasteiger charge is -2.21. The molecule has 0 saturated carbocycles. The highest BCUT2D eigenvalue weighted by atomic mass is 16.5. The SMILES string of the molecule is CCC(CC)CNC(=NC)NC(C)COC1CCOC1. The summed E-state index contributed by atoms with van der Waals surface area (Å²) in [4.78, 5) is 4.26. The van der Waals surface area contributed by atoms with Crippen LogP contribution in [0.25, 0.3) is 0 Å². The molecular weight excluding hydrogens is 254 g/mol. The molecule has 118 valence electrons. The van der Waals surface area contributed by atoms with Crippen molar-refractivity contribution in [3.05, 3.63) is 0 Å². The largest absolute Gasteiger partial charge is 0.379 e. The predicted molar refractivity (Wildman–Crippen MR) is 83.2 cm³/mol. The Hall–Kier alpha value is -0.810. The molecule has 0 bridgehead atoms. The lowest BCUT2D eigenvalue weighted by molar-refractivity contribution is 0.0347. The smallest absolute Gasteiger partial charge is 0.191 e. The molecule has 1 saturated heterocycles. The number of guanidine groups is 1. The van der Waals surface area contributed by atoms with Crippen LogP contribution in [-0.4, -0.2) is 51.5 Å². The van der Waals surface area contributed by atoms with E-state index in [-0.39, 0.29) is 12.1 Å². The maximum atomic E-state index is 5.81. The van der Waals surface area contributed by atoms with Crippen LogP contribution < -0.4 is 10.6 Å². The zero-order valence-electron chi connectivity index (χ0n) is 13.4. The van der Waals surface area contributed by atoms with E-state index in [0.717, 1.165) is 32.1 Å². The summed E-state index contributed by atoms with van der Waals surface area (Å²) >= 11 is 0. The Kier molecular flexibility index (Phi) is 8.62. The fourth-order valence-electron chi connectivity index (χ4n) is 2.21. The molecule has 0 spiro atoms. The van der Waals surface area contributed by atoms with Crippen LogP contribution in [0.4, 0.5) is 0 Å². The Bertz CT molecular complexity index is 274. The van der Waals surface area contributed by atoms with Gasteiger partial charge in [0.05, 0.1) is 19.3 Å². The van der Waals surface area contributed by atoms with Crippen molar-refractivity contribution >= 4 is 5.96 Å². The van der Waals surface area contributed by atoms with E-state index >= 15 is 0 Å². The number of ether oxygens (including phenoxy) is 2. The number of nitrogens with one attached hydrogen (secondary N) is 2. The van der Waals surface area contributed by atoms with Gasteiger partial charge in [0.1, 0.15) is 0 Å². The third kappa shape index (κ3) is 6.57. The van der Waals surface area contributed by atoms with Gasteiger partial charge in [-0.15, -0.1) is 0 Å². The Morgan fingerprint density at radius 1 is 1.40 bits per heavy atom. The van der Waals surface area contributed by atoms with E-state index < -0.39 is 0 Å². The molecule has 5 nitrogen and oxygen atoms in total. The van der Waals surface area contributed by atoms with Gasteiger partial charge in [0.15, 0.2) is 5.96 Å². The summed E-state index contributed by atoms with van der Waals surface area (Å²) in [5.41, 5.74) is 0. The molecule has 2 unspecified atom stereocenters. The molecule has 20 heavy (non-hydrogen) atoms. The molecular formula is C15H31N3O2. The molecule has 5 heteroatoms. The van der Waals surface area contributed by atoms with Crippen molar-refractivity contribution in [2.24, 2.45) is 10.9 Å². The van der Waals surface area contributed by atoms with Crippen molar-refractivity contribution in [3.8, 4) is 0 Å². The highest BCUT2D eigenvalue weighted by Crippen LogP contribution is 2.08. The predicted octanol–water partition coefficient (Wildman–Crippen LogP) is 1.78. The van der Waals surface area contributed by atoms with Gasteiger partial charge in [0.2, 0.25) is 0 Å². The maximum Gasteiger partial charge on any atom is 0.191 e. The quantitative estimate of drug-likeness (QED) is 0.527. The van der Waals surface area contributed by atoms with E-state index in [1.807, 2.05) is 0 Å². The van der Waals surface area contributed by atoms with Gasteiger partial charge >= 0.3 is 0 Å². The minimum Gasteiger partial charge on any atom is -0.379 e. The number of aliphatic imine (C=N–C) groups is 1. The highest BCUT2D eigenvalue weighted by molar-refractivity contribution is 5.79. The van der Waals surface area contributed by atoms with Crippen molar-refractivity contribution in [1.29, 1.82) is 0 Å². The molecule has 2 atom stereocenters. The number of hydrogen-bond acceptors (Lipinski definition) is 3. The second-order valence-corrected chi connectivity index (χ2v) is 5.50. The monoisotopic (exact) mass is 285 g/mol. The third-order valence-electron chi connectivity index (χ3n) is 3.79. The van der Waals surface area contributed by atoms with Crippen LogP contribution in [0.3, 0.4) is 0 Å². The molecule has 0 aromatic carbocycles. The molecule has 0 amide bonds. The number of rotatable bonds is 8. The van der Waals surface area contributed by atoms with Gasteiger partial charge in [-0.25, -0.2) is 0 Å². The Morgan fingerprint density at radius 2 is 2.15 bits per heavy atom. The van der Waals surface area contributed by atoms with E-state index in [4.69, 9.17) is 9.47 Å². The van der Waals surface area contributed by atoms with Gasteiger partial charge in [0.25, 0.3) is 0 Å². The zero-order chi connectivity index (χ0) is 14.8. The Labute approximate surface area is 123 Å². The van der Waals surface area contributed by atoms with E-state index in [1.165, 1.54) is 12.8 Å². The van der Waals surface area contributed by atoms with Crippen LogP contribution in [0.15, 0.2) is 4.99 Å². The van der Waals surface area contributed by atoms with Gasteiger partial charge in [0, 0.05) is 26.2 Å². The van der Waals surface area contributed by atoms with Gasteiger partial charge in [-0.05, 0) is 19.3 Å². The van der Waals surface area contributed by atoms with Crippen LogP contribution in [0.5, 0.6) is 0 Å². The first-order chi connectivity index (χ1) is 9.69. The van der Waals surface area contributed by atoms with Crippen molar-refractivity contribution in [2.45, 2.75) is 52.2 Å². The van der Waals surface area contributed by atoms with Crippen LogP contribution in [0, 0.1) is 5.92 Å². The van der Waals surface area contributed by atoms with Crippen molar-refractivity contribution in [2.75, 3.05) is 33.4 Å². The van der Waals surface area contributed by atoms with E-state index in [9.17, 15) is 0 Å². The minimum absolute atomic E-state index is 0.239. The molecule has 0 radical (unpaired) electrons. The van der Waals surface area contributed by atoms with E-state index in [0.29, 0.717) is 12.5 Å². The zero-order valence-corrected chi connectivity index (χ0v) is 13.4. The molecule has 0 aliphatic carbocycles. The summed E-state index contributed by atoms with van der Waals surface area (Å²) in [6.45, 7) is 9.77. The van der Waals surface area contributed by atoms with Gasteiger partial charge in [-0.1, -0.05) is 26.7 Å². The van der Waals surface area contributed by atoms with Gasteiger partial charge < -0.3 is 20.1 Å². The molecule has 1 rings (SSSR count). The molecule has 1 aliphatic heterocycles. The average Bonchev–Trinajstić information content (AvgIpc) is 2.98. The summed E-state index contributed by atoms with van der Waals surface area (Å²) in [6.07, 6.45) is 3.66. The van der Waals surface area contributed by atoms with Crippen LogP contribution in [0.2, 0.25) is 0 Å². The summed E-state index contributed by atoms with van der Waals surface area (Å²) in [7, 11) is 1.81. The maximum absolute atomic E-state index is 5.81. The van der Waals surface area contributed by atoms with Crippen LogP contribution in [0.1, 0.15) is 40.0 Å². The van der Waals surface area contributed by atoms with Crippen molar-refractivity contribution in [1.82, 2.24) is 10.6 Å². The molecule has 0 aromatic rings. The summed E-state index contributed by atoms with van der Waals surface area (Å²) in [5.74, 6) is 1.56. The van der Waals surface area contributed by atoms with Gasteiger partial charge in [-0.2, -0.15) is 0 Å².